The van der Waals surface area contributed by atoms with E-state index in [4.69, 9.17) is 27.9 Å². The number of benzene rings is 3. The summed E-state index contributed by atoms with van der Waals surface area (Å²) in [6.07, 6.45) is 1.20. The van der Waals surface area contributed by atoms with E-state index >= 15 is 0 Å². The van der Waals surface area contributed by atoms with Crippen LogP contribution in [0, 0.1) is 0 Å². The minimum Gasteiger partial charge on any atom is -0.497 e. The lowest BCUT2D eigenvalue weighted by Crippen LogP contribution is -2.56. The number of methoxy groups -OCH3 is 1. The topological polar surface area (TPSA) is 96.0 Å². The predicted octanol–water partition coefficient (Wildman–Crippen LogP) is 5.32. The Morgan fingerprint density at radius 3 is 2.10 bits per heavy atom. The minimum absolute atomic E-state index is 0.0268. The van der Waals surface area contributed by atoms with Crippen LogP contribution >= 0.6 is 23.2 Å². The summed E-state index contributed by atoms with van der Waals surface area (Å²) >= 11 is 12.3. The van der Waals surface area contributed by atoms with Crippen molar-refractivity contribution in [3.63, 3.8) is 0 Å². The molecule has 0 fully saturated rings. The molecule has 2 amide bonds. The number of hydrogen-bond donors (Lipinski definition) is 1. The number of nitrogens with one attached hydrogen (secondary N) is 1. The van der Waals surface area contributed by atoms with Gasteiger partial charge in [-0.05, 0) is 62.2 Å². The molecule has 0 saturated carbocycles. The van der Waals surface area contributed by atoms with Gasteiger partial charge in [0.05, 0.1) is 19.1 Å². The molecule has 0 aliphatic heterocycles. The fourth-order valence-electron chi connectivity index (χ4n) is 4.27. The van der Waals surface area contributed by atoms with Gasteiger partial charge in [0.15, 0.2) is 0 Å². The van der Waals surface area contributed by atoms with Crippen LogP contribution in [0.15, 0.2) is 72.8 Å². The van der Waals surface area contributed by atoms with Crippen LogP contribution in [0.25, 0.3) is 0 Å². The number of halogens is 2. The summed E-state index contributed by atoms with van der Waals surface area (Å²) in [5.41, 5.74) is 1.11. The van der Waals surface area contributed by atoms with Gasteiger partial charge < -0.3 is 15.0 Å². The van der Waals surface area contributed by atoms with E-state index in [2.05, 4.69) is 5.32 Å². The first-order valence-corrected chi connectivity index (χ1v) is 15.5. The Morgan fingerprint density at radius 1 is 0.927 bits per heavy atom. The van der Waals surface area contributed by atoms with E-state index in [0.717, 1.165) is 16.1 Å². The van der Waals surface area contributed by atoms with Crippen LogP contribution < -0.4 is 14.4 Å². The van der Waals surface area contributed by atoms with Gasteiger partial charge >= 0.3 is 0 Å². The molecular formula is C30H35Cl2N3O5S. The average molecular weight is 621 g/mol. The maximum atomic E-state index is 14.1. The summed E-state index contributed by atoms with van der Waals surface area (Å²) in [5, 5.41) is 3.42. The van der Waals surface area contributed by atoms with E-state index in [0.29, 0.717) is 11.3 Å². The van der Waals surface area contributed by atoms with Crippen molar-refractivity contribution in [1.82, 2.24) is 10.2 Å². The maximum absolute atomic E-state index is 14.1. The summed E-state index contributed by atoms with van der Waals surface area (Å²) in [5.74, 6) is -0.367. The summed E-state index contributed by atoms with van der Waals surface area (Å²) in [6, 6.07) is 19.8. The summed E-state index contributed by atoms with van der Waals surface area (Å²) in [4.78, 5) is 29.3. The second-order valence-electron chi connectivity index (χ2n) is 10.7. The van der Waals surface area contributed by atoms with Crippen molar-refractivity contribution in [2.24, 2.45) is 0 Å². The normalized spacial score (nSPS) is 12.4. The highest BCUT2D eigenvalue weighted by Gasteiger charge is 2.34. The second kappa shape index (κ2) is 13.6. The summed E-state index contributed by atoms with van der Waals surface area (Å²) < 4.78 is 32.1. The molecule has 3 rings (SSSR count). The van der Waals surface area contributed by atoms with E-state index in [1.807, 2.05) is 57.2 Å². The molecule has 3 aromatic rings. The molecule has 220 valence electrons. The predicted molar refractivity (Wildman–Crippen MR) is 164 cm³/mol. The largest absolute Gasteiger partial charge is 0.497 e. The van der Waals surface area contributed by atoms with Gasteiger partial charge in [-0.3, -0.25) is 13.9 Å². The van der Waals surface area contributed by atoms with Gasteiger partial charge in [-0.15, -0.1) is 0 Å². The van der Waals surface area contributed by atoms with Crippen LogP contribution in [0.2, 0.25) is 10.0 Å². The molecular weight excluding hydrogens is 585 g/mol. The molecule has 1 atom stereocenters. The highest BCUT2D eigenvalue weighted by Crippen LogP contribution is 2.28. The number of carbonyl (C=O) groups excluding carboxylic acids is 2. The summed E-state index contributed by atoms with van der Waals surface area (Å²) in [7, 11) is -2.41. The first-order valence-electron chi connectivity index (χ1n) is 12.9. The number of ether oxygens (including phenoxy) is 1. The lowest BCUT2D eigenvalue weighted by atomic mass is 10.0. The standard InChI is InChI=1S/C30H35Cl2N3O5S/c1-30(2,3)33-29(37)27(15-21-10-7-6-8-11-21)34(19-22-12-9-13-26(14-22)40-4)28(36)20-35(41(5,38)39)25-17-23(31)16-24(32)18-25/h6-14,16-18,27H,15,19-20H2,1-5H3,(H,33,37). The molecule has 1 unspecified atom stereocenters. The zero-order valence-corrected chi connectivity index (χ0v) is 26.1. The lowest BCUT2D eigenvalue weighted by Gasteiger charge is -2.35. The van der Waals surface area contributed by atoms with Crippen molar-refractivity contribution in [2.75, 3.05) is 24.2 Å². The number of nitrogens with zero attached hydrogens (tertiary/aromatic N) is 2. The van der Waals surface area contributed by atoms with Crippen LogP contribution in [-0.2, 0) is 32.6 Å². The highest BCUT2D eigenvalue weighted by molar-refractivity contribution is 7.92. The first-order chi connectivity index (χ1) is 19.2. The van der Waals surface area contributed by atoms with Gasteiger partial charge in [0.1, 0.15) is 18.3 Å². The van der Waals surface area contributed by atoms with Crippen molar-refractivity contribution in [3.8, 4) is 5.75 Å². The van der Waals surface area contributed by atoms with E-state index in [-0.39, 0.29) is 34.6 Å². The zero-order valence-electron chi connectivity index (χ0n) is 23.7. The van der Waals surface area contributed by atoms with E-state index in [9.17, 15) is 18.0 Å². The maximum Gasteiger partial charge on any atom is 0.244 e. The SMILES string of the molecule is COc1cccc(CN(C(=O)CN(c2cc(Cl)cc(Cl)c2)S(C)(=O)=O)C(Cc2ccccc2)C(=O)NC(C)(C)C)c1. The Labute approximate surface area is 252 Å². The Bertz CT molecular complexity index is 1460. The van der Waals surface area contributed by atoms with Gasteiger partial charge in [0.25, 0.3) is 0 Å². The van der Waals surface area contributed by atoms with Gasteiger partial charge in [-0.2, -0.15) is 0 Å². The van der Waals surface area contributed by atoms with Crippen LogP contribution in [-0.4, -0.2) is 56.6 Å². The third kappa shape index (κ3) is 9.66. The number of amides is 2. The molecule has 0 spiro atoms. The Hall–Kier alpha value is -3.27. The minimum atomic E-state index is -3.95. The third-order valence-corrected chi connectivity index (χ3v) is 7.65. The highest BCUT2D eigenvalue weighted by atomic mass is 35.5. The fraction of sp³-hybridized carbons (Fsp3) is 0.333. The number of carbonyl (C=O) groups is 2. The molecule has 0 radical (unpaired) electrons. The van der Waals surface area contributed by atoms with Gasteiger partial charge in [-0.25, -0.2) is 8.42 Å². The van der Waals surface area contributed by atoms with Gasteiger partial charge in [0.2, 0.25) is 21.8 Å². The quantitative estimate of drug-likeness (QED) is 0.313. The van der Waals surface area contributed by atoms with E-state index < -0.39 is 34.1 Å². The molecule has 0 aromatic heterocycles. The number of sulfonamides is 1. The fourth-order valence-corrected chi connectivity index (χ4v) is 5.62. The van der Waals surface area contributed by atoms with E-state index in [1.165, 1.54) is 30.2 Å². The van der Waals surface area contributed by atoms with Gasteiger partial charge in [-0.1, -0.05) is 65.7 Å². The molecule has 11 heteroatoms. The van der Waals surface area contributed by atoms with Gasteiger partial charge in [0, 0.05) is 28.5 Å². The third-order valence-electron chi connectivity index (χ3n) is 6.07. The Morgan fingerprint density at radius 2 is 1.54 bits per heavy atom. The van der Waals surface area contributed by atoms with Crippen molar-refractivity contribution < 1.29 is 22.7 Å². The molecule has 8 nitrogen and oxygen atoms in total. The second-order valence-corrected chi connectivity index (χ2v) is 13.5. The molecule has 3 aromatic carbocycles. The van der Waals surface area contributed by atoms with Crippen LogP contribution in [0.4, 0.5) is 5.69 Å². The first kappa shape index (κ1) is 32.2. The Balaban J connectivity index is 2.11. The van der Waals surface area contributed by atoms with Crippen molar-refractivity contribution in [1.29, 1.82) is 0 Å². The molecule has 1 N–H and O–H groups in total. The van der Waals surface area contributed by atoms with E-state index in [1.54, 1.807) is 18.2 Å². The molecule has 0 heterocycles. The average Bonchev–Trinajstić information content (AvgIpc) is 2.87. The molecule has 0 saturated heterocycles. The zero-order chi connectivity index (χ0) is 30.4. The van der Waals surface area contributed by atoms with Crippen molar-refractivity contribution in [2.45, 2.75) is 45.3 Å². The number of hydrogen-bond acceptors (Lipinski definition) is 5. The number of rotatable bonds is 11. The monoisotopic (exact) mass is 619 g/mol. The molecule has 41 heavy (non-hydrogen) atoms. The van der Waals surface area contributed by atoms with Crippen molar-refractivity contribution >= 4 is 50.7 Å². The molecule has 0 bridgehead atoms. The molecule has 0 aliphatic rings. The number of anilines is 1. The smallest absolute Gasteiger partial charge is 0.244 e. The van der Waals surface area contributed by atoms with Crippen LogP contribution in [0.5, 0.6) is 5.75 Å². The Kier molecular flexibility index (Phi) is 10.7. The molecule has 0 aliphatic carbocycles. The van der Waals surface area contributed by atoms with Crippen LogP contribution in [0.3, 0.4) is 0 Å². The van der Waals surface area contributed by atoms with Crippen LogP contribution in [0.1, 0.15) is 31.9 Å². The summed E-state index contributed by atoms with van der Waals surface area (Å²) in [6.45, 7) is 5.01. The van der Waals surface area contributed by atoms with Crippen molar-refractivity contribution in [3.05, 3.63) is 94.0 Å². The lowest BCUT2D eigenvalue weighted by molar-refractivity contribution is -0.140.